The third kappa shape index (κ3) is 5.24. The van der Waals surface area contributed by atoms with Crippen LogP contribution in [-0.2, 0) is 6.42 Å². The summed E-state index contributed by atoms with van der Waals surface area (Å²) in [6.45, 7) is 9.90. The van der Waals surface area contributed by atoms with Crippen LogP contribution >= 0.6 is 0 Å². The van der Waals surface area contributed by atoms with Gasteiger partial charge in [-0.25, -0.2) is 0 Å². The molecule has 0 aliphatic carbocycles. The van der Waals surface area contributed by atoms with Gasteiger partial charge in [0, 0.05) is 69.5 Å². The van der Waals surface area contributed by atoms with Gasteiger partial charge in [0.15, 0.2) is 0 Å². The van der Waals surface area contributed by atoms with Crippen LogP contribution in [0.5, 0.6) is 0 Å². The summed E-state index contributed by atoms with van der Waals surface area (Å²) >= 11 is 0. The molecule has 1 N–H and O–H groups in total. The first-order chi connectivity index (χ1) is 14.7. The average Bonchev–Trinajstić information content (AvgIpc) is 3.33. The molecule has 2 aliphatic rings. The molecular formula is C24H34N4O2. The van der Waals surface area contributed by atoms with E-state index in [-0.39, 0.29) is 5.91 Å². The quantitative estimate of drug-likeness (QED) is 0.761. The van der Waals surface area contributed by atoms with E-state index in [0.29, 0.717) is 6.04 Å². The minimum atomic E-state index is 0.164. The lowest BCUT2D eigenvalue weighted by Gasteiger charge is -2.35. The summed E-state index contributed by atoms with van der Waals surface area (Å²) in [7, 11) is 0. The number of piperidine rings is 1. The number of nitrogens with one attached hydrogen (secondary N) is 1. The number of carbonyl (C=O) groups excluding carboxylic acids is 1. The highest BCUT2D eigenvalue weighted by Gasteiger charge is 2.22. The Kier molecular flexibility index (Phi) is 7.07. The van der Waals surface area contributed by atoms with Crippen LogP contribution in [0, 0.1) is 0 Å². The molecule has 0 bridgehead atoms. The molecule has 2 fully saturated rings. The maximum absolute atomic E-state index is 12.8. The normalized spacial score (nSPS) is 18.7. The van der Waals surface area contributed by atoms with E-state index in [2.05, 4.69) is 34.2 Å². The van der Waals surface area contributed by atoms with E-state index in [1.165, 1.54) is 5.69 Å². The summed E-state index contributed by atoms with van der Waals surface area (Å²) in [6.07, 6.45) is 4.95. The molecule has 0 radical (unpaired) electrons. The molecule has 162 valence electrons. The Bertz CT molecular complexity index is 774. The number of hydrogen-bond donors (Lipinski definition) is 1. The smallest absolute Gasteiger partial charge is 0.253 e. The van der Waals surface area contributed by atoms with E-state index in [9.17, 15) is 4.79 Å². The highest BCUT2D eigenvalue weighted by Crippen LogP contribution is 2.21. The van der Waals surface area contributed by atoms with Gasteiger partial charge in [-0.15, -0.1) is 0 Å². The van der Waals surface area contributed by atoms with Crippen LogP contribution in [0.15, 0.2) is 47.1 Å². The van der Waals surface area contributed by atoms with Gasteiger partial charge in [-0.3, -0.25) is 4.79 Å². The Labute approximate surface area is 179 Å². The molecule has 0 unspecified atom stereocenters. The summed E-state index contributed by atoms with van der Waals surface area (Å²) in [5, 5.41) is 3.66. The largest absolute Gasteiger partial charge is 0.469 e. The van der Waals surface area contributed by atoms with Crippen LogP contribution in [0.3, 0.4) is 0 Å². The van der Waals surface area contributed by atoms with Crippen molar-refractivity contribution in [3.63, 3.8) is 0 Å². The van der Waals surface area contributed by atoms with Crippen molar-refractivity contribution in [2.75, 3.05) is 57.3 Å². The van der Waals surface area contributed by atoms with E-state index in [1.807, 2.05) is 29.2 Å². The molecule has 2 aliphatic heterocycles. The zero-order chi connectivity index (χ0) is 20.8. The summed E-state index contributed by atoms with van der Waals surface area (Å²) in [5.74, 6) is 1.21. The standard InChI is InChI=1S/C24H34N4O2/c1-2-26-15-17-28(18-16-26)24(29)20-5-7-22(8-6-20)27-13-10-21(11-14-27)25-12-9-23-4-3-19-30-23/h3-8,19,21,25H,2,9-18H2,1H3. The highest BCUT2D eigenvalue weighted by atomic mass is 16.3. The van der Waals surface area contributed by atoms with Crippen molar-refractivity contribution in [1.82, 2.24) is 15.1 Å². The van der Waals surface area contributed by atoms with Gasteiger partial charge in [0.05, 0.1) is 6.26 Å². The van der Waals surface area contributed by atoms with Crippen LogP contribution in [0.2, 0.25) is 0 Å². The van der Waals surface area contributed by atoms with Gasteiger partial charge in [-0.05, 0) is 55.8 Å². The maximum Gasteiger partial charge on any atom is 0.253 e. The molecule has 0 atom stereocenters. The second-order valence-electron chi connectivity index (χ2n) is 8.32. The Balaban J connectivity index is 1.22. The zero-order valence-electron chi connectivity index (χ0n) is 18.1. The van der Waals surface area contributed by atoms with Crippen molar-refractivity contribution in [2.45, 2.75) is 32.2 Å². The van der Waals surface area contributed by atoms with Crippen LogP contribution in [0.1, 0.15) is 35.9 Å². The van der Waals surface area contributed by atoms with Gasteiger partial charge < -0.3 is 24.4 Å². The molecule has 30 heavy (non-hydrogen) atoms. The number of likely N-dealkylation sites (N-methyl/N-ethyl adjacent to an activating group) is 1. The van der Waals surface area contributed by atoms with E-state index in [4.69, 9.17) is 4.42 Å². The lowest BCUT2D eigenvalue weighted by atomic mass is 10.0. The fourth-order valence-corrected chi connectivity index (χ4v) is 4.46. The molecule has 6 heteroatoms. The molecule has 1 aromatic carbocycles. The number of nitrogens with zero attached hydrogens (tertiary/aromatic N) is 3. The van der Waals surface area contributed by atoms with Gasteiger partial charge in [0.2, 0.25) is 0 Å². The molecular weight excluding hydrogens is 376 g/mol. The monoisotopic (exact) mass is 410 g/mol. The number of piperazine rings is 1. The predicted octanol–water partition coefficient (Wildman–Crippen LogP) is 2.86. The molecule has 0 spiro atoms. The minimum Gasteiger partial charge on any atom is -0.469 e. The van der Waals surface area contributed by atoms with Crippen molar-refractivity contribution >= 4 is 11.6 Å². The predicted molar refractivity (Wildman–Crippen MR) is 120 cm³/mol. The number of rotatable bonds is 7. The molecule has 4 rings (SSSR count). The van der Waals surface area contributed by atoms with Gasteiger partial charge in [-0.2, -0.15) is 0 Å². The number of carbonyl (C=O) groups is 1. The fraction of sp³-hybridized carbons (Fsp3) is 0.542. The maximum atomic E-state index is 12.8. The zero-order valence-corrected chi connectivity index (χ0v) is 18.1. The molecule has 0 saturated carbocycles. The topological polar surface area (TPSA) is 52.0 Å². The number of furan rings is 1. The second kappa shape index (κ2) is 10.1. The van der Waals surface area contributed by atoms with E-state index in [1.54, 1.807) is 6.26 Å². The van der Waals surface area contributed by atoms with Crippen LogP contribution in [0.4, 0.5) is 5.69 Å². The van der Waals surface area contributed by atoms with Gasteiger partial charge in [0.1, 0.15) is 5.76 Å². The van der Waals surface area contributed by atoms with Gasteiger partial charge >= 0.3 is 0 Å². The Morgan fingerprint density at radius 2 is 1.77 bits per heavy atom. The van der Waals surface area contributed by atoms with Crippen molar-refractivity contribution in [3.8, 4) is 0 Å². The summed E-state index contributed by atoms with van der Waals surface area (Å²) in [6, 6.07) is 12.8. The lowest BCUT2D eigenvalue weighted by Crippen LogP contribution is -2.48. The third-order valence-electron chi connectivity index (χ3n) is 6.47. The molecule has 1 aromatic heterocycles. The summed E-state index contributed by atoms with van der Waals surface area (Å²) in [4.78, 5) is 19.6. The van der Waals surface area contributed by atoms with Crippen molar-refractivity contribution in [2.24, 2.45) is 0 Å². The van der Waals surface area contributed by atoms with Crippen LogP contribution in [0.25, 0.3) is 0 Å². The van der Waals surface area contributed by atoms with E-state index in [0.717, 1.165) is 82.9 Å². The summed E-state index contributed by atoms with van der Waals surface area (Å²) < 4.78 is 5.40. The Morgan fingerprint density at radius 3 is 2.40 bits per heavy atom. The molecule has 2 saturated heterocycles. The molecule has 3 heterocycles. The number of amides is 1. The van der Waals surface area contributed by atoms with Crippen molar-refractivity contribution in [3.05, 3.63) is 54.0 Å². The molecule has 1 amide bonds. The number of anilines is 1. The minimum absolute atomic E-state index is 0.164. The Morgan fingerprint density at radius 1 is 1.03 bits per heavy atom. The molecule has 6 nitrogen and oxygen atoms in total. The number of hydrogen-bond acceptors (Lipinski definition) is 5. The van der Waals surface area contributed by atoms with Crippen molar-refractivity contribution < 1.29 is 9.21 Å². The fourth-order valence-electron chi connectivity index (χ4n) is 4.46. The van der Waals surface area contributed by atoms with Crippen LogP contribution < -0.4 is 10.2 Å². The Hall–Kier alpha value is -2.31. The first-order valence-electron chi connectivity index (χ1n) is 11.4. The molecule has 2 aromatic rings. The SMILES string of the molecule is CCN1CCN(C(=O)c2ccc(N3CCC(NCCc4ccco4)CC3)cc2)CC1. The third-order valence-corrected chi connectivity index (χ3v) is 6.47. The first kappa shape index (κ1) is 20.9. The lowest BCUT2D eigenvalue weighted by molar-refractivity contribution is 0.0643. The highest BCUT2D eigenvalue weighted by molar-refractivity contribution is 5.94. The average molecular weight is 411 g/mol. The summed E-state index contributed by atoms with van der Waals surface area (Å²) in [5.41, 5.74) is 2.02. The number of benzene rings is 1. The van der Waals surface area contributed by atoms with Crippen molar-refractivity contribution in [1.29, 1.82) is 0 Å². The second-order valence-corrected chi connectivity index (χ2v) is 8.32. The van der Waals surface area contributed by atoms with Gasteiger partial charge in [0.25, 0.3) is 5.91 Å². The van der Waals surface area contributed by atoms with Gasteiger partial charge in [-0.1, -0.05) is 6.92 Å². The van der Waals surface area contributed by atoms with E-state index < -0.39 is 0 Å². The first-order valence-corrected chi connectivity index (χ1v) is 11.4. The van der Waals surface area contributed by atoms with E-state index >= 15 is 0 Å². The van der Waals surface area contributed by atoms with Crippen LogP contribution in [-0.4, -0.2) is 74.1 Å².